The number of hydrogen-bond acceptors (Lipinski definition) is 2. The van der Waals surface area contributed by atoms with Gasteiger partial charge in [-0.25, -0.2) is 0 Å². The van der Waals surface area contributed by atoms with Crippen LogP contribution in [0.2, 0.25) is 5.02 Å². The van der Waals surface area contributed by atoms with Gasteiger partial charge in [-0.3, -0.25) is 4.98 Å². The van der Waals surface area contributed by atoms with E-state index in [2.05, 4.69) is 28.5 Å². The summed E-state index contributed by atoms with van der Waals surface area (Å²) >= 11 is 5.89. The number of halogens is 1. The molecule has 2 nitrogen and oxygen atoms in total. The van der Waals surface area contributed by atoms with Crippen LogP contribution in [0.4, 0.5) is 0 Å². The van der Waals surface area contributed by atoms with Gasteiger partial charge in [0, 0.05) is 23.5 Å². The molecule has 0 fully saturated rings. The Bertz CT molecular complexity index is 453. The van der Waals surface area contributed by atoms with Crippen molar-refractivity contribution in [2.24, 2.45) is 0 Å². The van der Waals surface area contributed by atoms with E-state index in [9.17, 15) is 0 Å². The van der Waals surface area contributed by atoms with Crippen LogP contribution >= 0.6 is 11.6 Å². The summed E-state index contributed by atoms with van der Waals surface area (Å²) in [6.07, 6.45) is 4.62. The normalized spacial score (nSPS) is 12.4. The molecule has 0 spiro atoms. The lowest BCUT2D eigenvalue weighted by molar-refractivity contribution is 0.591. The highest BCUT2D eigenvalue weighted by molar-refractivity contribution is 6.30. The lowest BCUT2D eigenvalue weighted by atomic mass is 10.0. The average Bonchev–Trinajstić information content (AvgIpc) is 2.38. The second kappa shape index (κ2) is 5.80. The number of nitrogens with one attached hydrogen (secondary N) is 1. The summed E-state index contributed by atoms with van der Waals surface area (Å²) in [5, 5.41) is 4.08. The minimum atomic E-state index is 0.288. The third-order valence-corrected chi connectivity index (χ3v) is 3.04. The van der Waals surface area contributed by atoms with Gasteiger partial charge in [0.2, 0.25) is 0 Å². The first-order chi connectivity index (χ1) is 8.29. The molecular weight excluding hydrogens is 232 g/mol. The molecule has 0 aliphatic carbocycles. The minimum absolute atomic E-state index is 0.288. The molecule has 1 aromatic heterocycles. The van der Waals surface area contributed by atoms with Gasteiger partial charge in [0.25, 0.3) is 0 Å². The van der Waals surface area contributed by atoms with E-state index in [1.54, 1.807) is 6.20 Å². The third kappa shape index (κ3) is 3.29. The highest BCUT2D eigenvalue weighted by atomic mass is 35.5. The summed E-state index contributed by atoms with van der Waals surface area (Å²) < 4.78 is 0. The van der Waals surface area contributed by atoms with E-state index in [0.29, 0.717) is 0 Å². The first-order valence-electron chi connectivity index (χ1n) is 5.61. The summed E-state index contributed by atoms with van der Waals surface area (Å²) in [7, 11) is 1.97. The van der Waals surface area contributed by atoms with Crippen molar-refractivity contribution in [3.8, 4) is 0 Å². The summed E-state index contributed by atoms with van der Waals surface area (Å²) in [6.45, 7) is 0. The highest BCUT2D eigenvalue weighted by Crippen LogP contribution is 2.19. The lowest BCUT2D eigenvalue weighted by Gasteiger charge is -2.16. The minimum Gasteiger partial charge on any atom is -0.313 e. The summed E-state index contributed by atoms with van der Waals surface area (Å²) in [5.41, 5.74) is 2.46. The van der Waals surface area contributed by atoms with Crippen LogP contribution in [0.15, 0.2) is 48.8 Å². The monoisotopic (exact) mass is 246 g/mol. The van der Waals surface area contributed by atoms with Crippen molar-refractivity contribution in [3.05, 3.63) is 64.9 Å². The van der Waals surface area contributed by atoms with Crippen molar-refractivity contribution >= 4 is 11.6 Å². The van der Waals surface area contributed by atoms with Crippen LogP contribution in [0.5, 0.6) is 0 Å². The van der Waals surface area contributed by atoms with Gasteiger partial charge in [-0.1, -0.05) is 29.8 Å². The Morgan fingerprint density at radius 3 is 2.59 bits per heavy atom. The average molecular weight is 247 g/mol. The molecule has 0 aliphatic heterocycles. The van der Waals surface area contributed by atoms with E-state index in [1.807, 2.05) is 31.4 Å². The molecule has 0 radical (unpaired) electrons. The maximum atomic E-state index is 5.89. The van der Waals surface area contributed by atoms with Gasteiger partial charge in [0.05, 0.1) is 0 Å². The Morgan fingerprint density at radius 1 is 1.24 bits per heavy atom. The Kier molecular flexibility index (Phi) is 4.13. The zero-order valence-electron chi connectivity index (χ0n) is 9.73. The fourth-order valence-corrected chi connectivity index (χ4v) is 1.96. The van der Waals surface area contributed by atoms with Crippen molar-refractivity contribution in [1.82, 2.24) is 10.3 Å². The van der Waals surface area contributed by atoms with Gasteiger partial charge in [-0.2, -0.15) is 0 Å². The molecule has 0 amide bonds. The molecule has 2 rings (SSSR count). The smallest absolute Gasteiger partial charge is 0.0406 e. The Balaban J connectivity index is 2.14. The molecular formula is C14H15ClN2. The van der Waals surface area contributed by atoms with E-state index in [1.165, 1.54) is 11.1 Å². The SMILES string of the molecule is CNC(Cc1cccnc1)c1ccc(Cl)cc1. The van der Waals surface area contributed by atoms with E-state index in [-0.39, 0.29) is 6.04 Å². The van der Waals surface area contributed by atoms with Crippen LogP contribution in [0.3, 0.4) is 0 Å². The molecule has 1 heterocycles. The largest absolute Gasteiger partial charge is 0.313 e. The maximum absolute atomic E-state index is 5.89. The van der Waals surface area contributed by atoms with Gasteiger partial charge < -0.3 is 5.32 Å². The number of pyridine rings is 1. The molecule has 1 N–H and O–H groups in total. The first-order valence-corrected chi connectivity index (χ1v) is 5.99. The van der Waals surface area contributed by atoms with Crippen LogP contribution < -0.4 is 5.32 Å². The number of likely N-dealkylation sites (N-methyl/N-ethyl adjacent to an activating group) is 1. The van der Waals surface area contributed by atoms with Gasteiger partial charge in [0.1, 0.15) is 0 Å². The van der Waals surface area contributed by atoms with Crippen molar-refractivity contribution < 1.29 is 0 Å². The molecule has 0 saturated heterocycles. The number of aromatic nitrogens is 1. The van der Waals surface area contributed by atoms with E-state index >= 15 is 0 Å². The van der Waals surface area contributed by atoms with Gasteiger partial charge in [0.15, 0.2) is 0 Å². The predicted octanol–water partition coefficient (Wildman–Crippen LogP) is 3.24. The standard InChI is InChI=1S/C14H15ClN2/c1-16-14(9-11-3-2-8-17-10-11)12-4-6-13(15)7-5-12/h2-8,10,14,16H,9H2,1H3. The predicted molar refractivity (Wildman–Crippen MR) is 71.2 cm³/mol. The Hall–Kier alpha value is -1.38. The Morgan fingerprint density at radius 2 is 2.00 bits per heavy atom. The number of nitrogens with zero attached hydrogens (tertiary/aromatic N) is 1. The summed E-state index contributed by atoms with van der Waals surface area (Å²) in [6, 6.07) is 12.3. The zero-order valence-corrected chi connectivity index (χ0v) is 10.5. The van der Waals surface area contributed by atoms with Gasteiger partial charge in [-0.05, 0) is 42.8 Å². The highest BCUT2D eigenvalue weighted by Gasteiger charge is 2.09. The maximum Gasteiger partial charge on any atom is 0.0406 e. The lowest BCUT2D eigenvalue weighted by Crippen LogP contribution is -2.18. The van der Waals surface area contributed by atoms with E-state index < -0.39 is 0 Å². The van der Waals surface area contributed by atoms with Crippen LogP contribution in [0, 0.1) is 0 Å². The molecule has 0 bridgehead atoms. The molecule has 0 saturated carbocycles. The first kappa shape index (κ1) is 12.1. The fraction of sp³-hybridized carbons (Fsp3) is 0.214. The van der Waals surface area contributed by atoms with Crippen molar-refractivity contribution in [3.63, 3.8) is 0 Å². The molecule has 88 valence electrons. The second-order valence-corrected chi connectivity index (χ2v) is 4.39. The van der Waals surface area contributed by atoms with Crippen molar-refractivity contribution in [1.29, 1.82) is 0 Å². The van der Waals surface area contributed by atoms with E-state index in [4.69, 9.17) is 11.6 Å². The molecule has 2 aromatic rings. The van der Waals surface area contributed by atoms with Crippen molar-refractivity contribution in [2.45, 2.75) is 12.5 Å². The van der Waals surface area contributed by atoms with Crippen LogP contribution in [-0.2, 0) is 6.42 Å². The molecule has 3 heteroatoms. The van der Waals surface area contributed by atoms with Crippen LogP contribution in [0.25, 0.3) is 0 Å². The summed E-state index contributed by atoms with van der Waals surface area (Å²) in [5.74, 6) is 0. The number of hydrogen-bond donors (Lipinski definition) is 1. The number of benzene rings is 1. The van der Waals surface area contributed by atoms with E-state index in [0.717, 1.165) is 11.4 Å². The summed E-state index contributed by atoms with van der Waals surface area (Å²) in [4.78, 5) is 4.13. The number of rotatable bonds is 4. The zero-order chi connectivity index (χ0) is 12.1. The van der Waals surface area contributed by atoms with Crippen molar-refractivity contribution in [2.75, 3.05) is 7.05 Å². The Labute approximate surface area is 107 Å². The van der Waals surface area contributed by atoms with Gasteiger partial charge >= 0.3 is 0 Å². The molecule has 0 aliphatic rings. The molecule has 1 aromatic carbocycles. The second-order valence-electron chi connectivity index (χ2n) is 3.96. The topological polar surface area (TPSA) is 24.9 Å². The van der Waals surface area contributed by atoms with Gasteiger partial charge in [-0.15, -0.1) is 0 Å². The molecule has 17 heavy (non-hydrogen) atoms. The fourth-order valence-electron chi connectivity index (χ4n) is 1.84. The van der Waals surface area contributed by atoms with Crippen LogP contribution in [-0.4, -0.2) is 12.0 Å². The molecule has 1 atom stereocenters. The quantitative estimate of drug-likeness (QED) is 0.896. The third-order valence-electron chi connectivity index (χ3n) is 2.78. The van der Waals surface area contributed by atoms with Crippen LogP contribution in [0.1, 0.15) is 17.2 Å². The molecule has 1 unspecified atom stereocenters.